The van der Waals surface area contributed by atoms with Crippen LogP contribution in [0.3, 0.4) is 0 Å². The third kappa shape index (κ3) is 4.32. The van der Waals surface area contributed by atoms with E-state index in [1.165, 1.54) is 29.1 Å². The summed E-state index contributed by atoms with van der Waals surface area (Å²) in [5.74, 6) is -0.195. The maximum absolute atomic E-state index is 13.3. The Balaban J connectivity index is 1.62. The molecule has 1 atom stereocenters. The van der Waals surface area contributed by atoms with Crippen LogP contribution in [-0.2, 0) is 24.2 Å². The van der Waals surface area contributed by atoms with Gasteiger partial charge in [0.1, 0.15) is 4.83 Å². The van der Waals surface area contributed by atoms with Crippen LogP contribution in [0.25, 0.3) is 10.2 Å². The van der Waals surface area contributed by atoms with E-state index in [-0.39, 0.29) is 17.2 Å². The smallest absolute Gasteiger partial charge is 0.263 e. The number of fused-ring (bicyclic) bond motifs is 3. The number of hydrogen-bond acceptors (Lipinski definition) is 6. The predicted molar refractivity (Wildman–Crippen MR) is 127 cm³/mol. The third-order valence-electron chi connectivity index (χ3n) is 5.50. The zero-order valence-corrected chi connectivity index (χ0v) is 19.5. The van der Waals surface area contributed by atoms with Crippen LogP contribution in [-0.4, -0.2) is 26.5 Å². The fourth-order valence-electron chi connectivity index (χ4n) is 3.96. The summed E-state index contributed by atoms with van der Waals surface area (Å²) in [6, 6.07) is 6.85. The first-order valence-corrected chi connectivity index (χ1v) is 12.2. The molecule has 0 aliphatic heterocycles. The summed E-state index contributed by atoms with van der Waals surface area (Å²) in [5.41, 5.74) is 2.41. The van der Waals surface area contributed by atoms with Gasteiger partial charge in [0.15, 0.2) is 10.9 Å². The van der Waals surface area contributed by atoms with Crippen LogP contribution in [0.15, 0.2) is 34.2 Å². The van der Waals surface area contributed by atoms with E-state index in [9.17, 15) is 14.4 Å². The topological polar surface area (TPSA) is 81.1 Å². The molecule has 0 bridgehead atoms. The van der Waals surface area contributed by atoms with Crippen molar-refractivity contribution in [3.63, 3.8) is 0 Å². The number of rotatable bonds is 6. The van der Waals surface area contributed by atoms with Crippen LogP contribution in [0.2, 0.25) is 0 Å². The lowest BCUT2D eigenvalue weighted by Gasteiger charge is -2.15. The van der Waals surface area contributed by atoms with Crippen molar-refractivity contribution in [2.45, 2.75) is 63.4 Å². The number of nitrogens with one attached hydrogen (secondary N) is 1. The first-order valence-electron chi connectivity index (χ1n) is 10.5. The second-order valence-electron chi connectivity index (χ2n) is 7.72. The average Bonchev–Trinajstić information content (AvgIpc) is 3.12. The molecule has 31 heavy (non-hydrogen) atoms. The molecule has 0 saturated heterocycles. The first kappa shape index (κ1) is 21.8. The lowest BCUT2D eigenvalue weighted by molar-refractivity contribution is -0.114. The summed E-state index contributed by atoms with van der Waals surface area (Å²) in [6.07, 6.45) is 4.25. The van der Waals surface area contributed by atoms with E-state index in [0.717, 1.165) is 35.9 Å². The molecule has 0 radical (unpaired) electrons. The number of amides is 1. The van der Waals surface area contributed by atoms with Crippen LogP contribution in [0, 0.1) is 0 Å². The molecule has 4 rings (SSSR count). The Hall–Kier alpha value is -2.45. The number of Topliss-reactive ketones (excluding diaryl/α,β-unsaturated/α-hetero) is 1. The maximum atomic E-state index is 13.3. The molecule has 1 N–H and O–H groups in total. The number of hydrogen-bond donors (Lipinski definition) is 1. The minimum atomic E-state index is -0.400. The lowest BCUT2D eigenvalue weighted by atomic mass is 9.97. The van der Waals surface area contributed by atoms with Crippen LogP contribution in [0.1, 0.15) is 54.4 Å². The Morgan fingerprint density at radius 3 is 2.61 bits per heavy atom. The zero-order valence-electron chi connectivity index (χ0n) is 17.9. The highest BCUT2D eigenvalue weighted by molar-refractivity contribution is 8.00. The molecule has 1 amide bonds. The molecule has 3 aromatic rings. The number of anilines is 1. The SMILES string of the molecule is CCn1c(SC(C)C(=O)c2ccc(NC(C)=O)cc2)nc2sc3c(c2c1=O)CCCC3. The van der Waals surface area contributed by atoms with Gasteiger partial charge in [0.2, 0.25) is 5.91 Å². The Kier molecular flexibility index (Phi) is 6.29. The largest absolute Gasteiger partial charge is 0.326 e. The van der Waals surface area contributed by atoms with E-state index < -0.39 is 5.25 Å². The number of benzene rings is 1. The monoisotopic (exact) mass is 455 g/mol. The fraction of sp³-hybridized carbons (Fsp3) is 0.391. The molecule has 1 aliphatic carbocycles. The highest BCUT2D eigenvalue weighted by Gasteiger charge is 2.24. The van der Waals surface area contributed by atoms with Crippen molar-refractivity contribution in [2.24, 2.45) is 0 Å². The van der Waals surface area contributed by atoms with Gasteiger partial charge in [-0.15, -0.1) is 11.3 Å². The van der Waals surface area contributed by atoms with Crippen molar-refractivity contribution in [3.05, 3.63) is 50.6 Å². The van der Waals surface area contributed by atoms with Gasteiger partial charge in [0.25, 0.3) is 5.56 Å². The normalized spacial score (nSPS) is 14.3. The summed E-state index contributed by atoms with van der Waals surface area (Å²) in [6.45, 7) is 5.73. The molecule has 0 spiro atoms. The first-order chi connectivity index (χ1) is 14.9. The number of thiophene rings is 1. The Morgan fingerprint density at radius 1 is 1.23 bits per heavy atom. The summed E-state index contributed by atoms with van der Waals surface area (Å²) >= 11 is 2.96. The Labute approximate surface area is 189 Å². The summed E-state index contributed by atoms with van der Waals surface area (Å²) in [4.78, 5) is 44.3. The van der Waals surface area contributed by atoms with Crippen LogP contribution < -0.4 is 10.9 Å². The van der Waals surface area contributed by atoms with Crippen molar-refractivity contribution in [3.8, 4) is 0 Å². The molecule has 8 heteroatoms. The molecular weight excluding hydrogens is 430 g/mol. The number of carbonyl (C=O) groups excluding carboxylic acids is 2. The maximum Gasteiger partial charge on any atom is 0.263 e. The van der Waals surface area contributed by atoms with E-state index >= 15 is 0 Å². The fourth-order valence-corrected chi connectivity index (χ4v) is 6.31. The molecule has 2 heterocycles. The molecule has 2 aromatic heterocycles. The Morgan fingerprint density at radius 2 is 1.94 bits per heavy atom. The number of thioether (sulfide) groups is 1. The lowest BCUT2D eigenvalue weighted by Crippen LogP contribution is -2.24. The van der Waals surface area contributed by atoms with Crippen molar-refractivity contribution in [2.75, 3.05) is 5.32 Å². The summed E-state index contributed by atoms with van der Waals surface area (Å²) < 4.78 is 1.69. The van der Waals surface area contributed by atoms with E-state index in [2.05, 4.69) is 5.32 Å². The van der Waals surface area contributed by atoms with Gasteiger partial charge in [0, 0.05) is 29.6 Å². The van der Waals surface area contributed by atoms with Gasteiger partial charge in [-0.3, -0.25) is 19.0 Å². The molecule has 1 aliphatic rings. The number of aromatic nitrogens is 2. The third-order valence-corrected chi connectivity index (χ3v) is 7.77. The molecule has 0 fully saturated rings. The van der Waals surface area contributed by atoms with E-state index in [0.29, 0.717) is 23.0 Å². The van der Waals surface area contributed by atoms with Gasteiger partial charge in [-0.2, -0.15) is 0 Å². The van der Waals surface area contributed by atoms with Crippen LogP contribution in [0.4, 0.5) is 5.69 Å². The quantitative estimate of drug-likeness (QED) is 0.332. The molecule has 0 saturated carbocycles. The Bertz CT molecular complexity index is 1210. The van der Waals surface area contributed by atoms with Gasteiger partial charge in [0.05, 0.1) is 10.6 Å². The summed E-state index contributed by atoms with van der Waals surface area (Å²) in [7, 11) is 0. The van der Waals surface area contributed by atoms with Crippen molar-refractivity contribution >= 4 is 50.7 Å². The van der Waals surface area contributed by atoms with Gasteiger partial charge in [-0.25, -0.2) is 4.98 Å². The minimum absolute atomic E-state index is 0.00806. The molecule has 1 unspecified atom stereocenters. The van der Waals surface area contributed by atoms with Crippen LogP contribution >= 0.6 is 23.1 Å². The van der Waals surface area contributed by atoms with Crippen LogP contribution in [0.5, 0.6) is 0 Å². The van der Waals surface area contributed by atoms with Gasteiger partial charge in [-0.1, -0.05) is 11.8 Å². The highest BCUT2D eigenvalue weighted by atomic mass is 32.2. The van der Waals surface area contributed by atoms with Crippen molar-refractivity contribution in [1.29, 1.82) is 0 Å². The standard InChI is InChI=1S/C23H25N3O3S2/c1-4-26-22(29)19-17-7-5-6-8-18(17)31-21(19)25-23(26)30-13(2)20(28)15-9-11-16(12-10-15)24-14(3)27/h9-13H,4-8H2,1-3H3,(H,24,27). The second-order valence-corrected chi connectivity index (χ2v) is 10.1. The predicted octanol–water partition coefficient (Wildman–Crippen LogP) is 4.68. The summed E-state index contributed by atoms with van der Waals surface area (Å²) in [5, 5.41) is 3.67. The molecule has 162 valence electrons. The highest BCUT2D eigenvalue weighted by Crippen LogP contribution is 2.35. The number of carbonyl (C=O) groups is 2. The average molecular weight is 456 g/mol. The van der Waals surface area contributed by atoms with Gasteiger partial charge < -0.3 is 5.32 Å². The molecular formula is C23H25N3O3S2. The zero-order chi connectivity index (χ0) is 22.1. The van der Waals surface area contributed by atoms with Crippen molar-refractivity contribution < 1.29 is 9.59 Å². The number of aryl methyl sites for hydroxylation is 2. The molecule has 1 aromatic carbocycles. The van der Waals surface area contributed by atoms with Gasteiger partial charge in [-0.05, 0) is 69.4 Å². The van der Waals surface area contributed by atoms with E-state index in [1.54, 1.807) is 40.2 Å². The second kappa shape index (κ2) is 8.96. The number of ketones is 1. The minimum Gasteiger partial charge on any atom is -0.326 e. The van der Waals surface area contributed by atoms with Crippen molar-refractivity contribution in [1.82, 2.24) is 9.55 Å². The van der Waals surface area contributed by atoms with E-state index in [1.807, 2.05) is 13.8 Å². The van der Waals surface area contributed by atoms with Gasteiger partial charge >= 0.3 is 0 Å². The number of nitrogens with zero attached hydrogens (tertiary/aromatic N) is 2. The van der Waals surface area contributed by atoms with E-state index in [4.69, 9.17) is 4.98 Å². The molecule has 6 nitrogen and oxygen atoms in total.